The molecule has 0 aliphatic heterocycles. The van der Waals surface area contributed by atoms with Gasteiger partial charge >= 0.3 is 0 Å². The van der Waals surface area contributed by atoms with Crippen molar-refractivity contribution in [2.75, 3.05) is 5.32 Å². The van der Waals surface area contributed by atoms with Crippen molar-refractivity contribution in [3.8, 4) is 0 Å². The van der Waals surface area contributed by atoms with Gasteiger partial charge in [0.05, 0.1) is 11.0 Å². The minimum atomic E-state index is -0.407. The van der Waals surface area contributed by atoms with Gasteiger partial charge < -0.3 is 10.3 Å². The van der Waals surface area contributed by atoms with Crippen molar-refractivity contribution in [3.05, 3.63) is 41.9 Å². The van der Waals surface area contributed by atoms with E-state index in [9.17, 15) is 9.59 Å². The molecule has 0 saturated heterocycles. The van der Waals surface area contributed by atoms with Crippen LogP contribution in [0.2, 0.25) is 0 Å². The largest absolute Gasteiger partial charge is 0.348 e. The number of amides is 2. The molecule has 2 N–H and O–H groups in total. The topological polar surface area (TPSA) is 113 Å². The Morgan fingerprint density at radius 2 is 1.71 bits per heavy atom. The van der Waals surface area contributed by atoms with E-state index in [1.54, 1.807) is 0 Å². The van der Waals surface area contributed by atoms with Gasteiger partial charge in [0.25, 0.3) is 0 Å². The third-order valence-electron chi connectivity index (χ3n) is 4.63. The molecule has 136 valence electrons. The first-order chi connectivity index (χ1) is 13.5. The number of anilines is 1. The Kier molecular flexibility index (Phi) is 3.35. The lowest BCUT2D eigenvalue weighted by Crippen LogP contribution is -2.18. The highest BCUT2D eigenvalue weighted by Crippen LogP contribution is 2.37. The number of nitrogens with zero attached hydrogens (tertiary/aromatic N) is 4. The summed E-state index contributed by atoms with van der Waals surface area (Å²) in [6, 6.07) is 12.1. The van der Waals surface area contributed by atoms with E-state index in [4.69, 9.17) is 4.98 Å². The highest BCUT2D eigenvalue weighted by atomic mass is 16.1. The lowest BCUT2D eigenvalue weighted by Gasteiger charge is -2.06. The van der Waals surface area contributed by atoms with E-state index in [0.29, 0.717) is 11.0 Å². The van der Waals surface area contributed by atoms with E-state index < -0.39 is 5.91 Å². The maximum Gasteiger partial charge on any atom is 0.244 e. The molecule has 0 bridgehead atoms. The summed E-state index contributed by atoms with van der Waals surface area (Å²) in [5.74, 6) is -0.454. The third kappa shape index (κ3) is 2.31. The Morgan fingerprint density at radius 1 is 0.964 bits per heavy atom. The summed E-state index contributed by atoms with van der Waals surface area (Å²) in [5, 5.41) is 14.9. The van der Waals surface area contributed by atoms with Gasteiger partial charge in [0, 0.05) is 30.0 Å². The normalized spacial score (nSPS) is 12.4. The molecular formula is C20H14N6O2. The minimum Gasteiger partial charge on any atom is -0.348 e. The highest BCUT2D eigenvalue weighted by molar-refractivity contribution is 6.28. The number of benzene rings is 2. The molecule has 5 aromatic rings. The molecular weight excluding hydrogens is 356 g/mol. The number of H-pyrrole nitrogens is 1. The van der Waals surface area contributed by atoms with Crippen LogP contribution in [0, 0.1) is 0 Å². The number of hydrogen-bond donors (Lipinski definition) is 2. The number of nitrogens with one attached hydrogen (secondary N) is 2. The van der Waals surface area contributed by atoms with Crippen LogP contribution in [0.5, 0.6) is 0 Å². The fourth-order valence-electron chi connectivity index (χ4n) is 3.61. The summed E-state index contributed by atoms with van der Waals surface area (Å²) in [6.45, 7) is 2.72. The van der Waals surface area contributed by atoms with Gasteiger partial charge in [-0.2, -0.15) is 4.99 Å². The molecule has 0 aliphatic rings. The average molecular weight is 370 g/mol. The number of hydrogen-bond acceptors (Lipinski definition) is 5. The van der Waals surface area contributed by atoms with Crippen molar-refractivity contribution in [2.45, 2.75) is 13.8 Å². The van der Waals surface area contributed by atoms with E-state index in [0.717, 1.165) is 32.6 Å². The van der Waals surface area contributed by atoms with Crippen LogP contribution >= 0.6 is 0 Å². The Bertz CT molecular complexity index is 1500. The number of aromatic amines is 1. The van der Waals surface area contributed by atoms with Crippen LogP contribution in [0.25, 0.3) is 43.6 Å². The Hall–Kier alpha value is -3.94. The second kappa shape index (κ2) is 5.78. The SMILES string of the molecule is CC(=O)N=c1nnc(NC(C)=O)c2[nH]c3c4cccc5cccc(c3nc12)c54. The summed E-state index contributed by atoms with van der Waals surface area (Å²) in [7, 11) is 0. The third-order valence-corrected chi connectivity index (χ3v) is 4.63. The van der Waals surface area contributed by atoms with E-state index >= 15 is 0 Å². The van der Waals surface area contributed by atoms with Crippen LogP contribution in [0.4, 0.5) is 5.82 Å². The van der Waals surface area contributed by atoms with Crippen LogP contribution in [-0.4, -0.2) is 32.0 Å². The molecule has 0 fully saturated rings. The molecule has 2 amide bonds. The number of fused-ring (bicyclic) bond motifs is 4. The molecule has 28 heavy (non-hydrogen) atoms. The Morgan fingerprint density at radius 3 is 2.43 bits per heavy atom. The zero-order chi connectivity index (χ0) is 19.4. The smallest absolute Gasteiger partial charge is 0.244 e. The van der Waals surface area contributed by atoms with E-state index in [1.807, 2.05) is 24.3 Å². The molecule has 8 heteroatoms. The molecule has 0 spiro atoms. The van der Waals surface area contributed by atoms with E-state index in [1.165, 1.54) is 13.8 Å². The van der Waals surface area contributed by atoms with Crippen molar-refractivity contribution in [1.82, 2.24) is 20.2 Å². The molecule has 5 rings (SSSR count). The van der Waals surface area contributed by atoms with Crippen molar-refractivity contribution >= 4 is 61.2 Å². The molecule has 0 saturated carbocycles. The molecule has 0 aliphatic carbocycles. The van der Waals surface area contributed by atoms with Gasteiger partial charge in [-0.05, 0) is 5.39 Å². The first kappa shape index (κ1) is 16.2. The molecule has 2 heterocycles. The predicted octanol–water partition coefficient (Wildman–Crippen LogP) is 2.66. The Labute approximate surface area is 157 Å². The molecule has 0 radical (unpaired) electrons. The standard InChI is InChI=1S/C20H14N6O2/c1-9(27)21-19-17-18(20(26-25-19)22-10(2)28)24-16-13-8-4-6-11-5-3-7-12(14(11)13)15(16)23-17/h3-8,23H,1-2H3,(H,21,27). The fraction of sp³-hybridized carbons (Fsp3) is 0.100. The van der Waals surface area contributed by atoms with E-state index in [-0.39, 0.29) is 17.2 Å². The maximum absolute atomic E-state index is 11.6. The summed E-state index contributed by atoms with van der Waals surface area (Å²) >= 11 is 0. The maximum atomic E-state index is 11.6. The van der Waals surface area contributed by atoms with Gasteiger partial charge in [0.2, 0.25) is 17.3 Å². The number of carbonyl (C=O) groups is 2. The quantitative estimate of drug-likeness (QED) is 0.471. The van der Waals surface area contributed by atoms with Crippen molar-refractivity contribution in [2.24, 2.45) is 4.99 Å². The van der Waals surface area contributed by atoms with Crippen molar-refractivity contribution < 1.29 is 9.59 Å². The zero-order valence-corrected chi connectivity index (χ0v) is 15.1. The first-order valence-corrected chi connectivity index (χ1v) is 8.69. The summed E-state index contributed by atoms with van der Waals surface area (Å²) in [4.78, 5) is 35.2. The van der Waals surface area contributed by atoms with Gasteiger partial charge in [0.1, 0.15) is 11.0 Å². The van der Waals surface area contributed by atoms with Crippen LogP contribution in [0.3, 0.4) is 0 Å². The molecule has 3 aromatic carbocycles. The van der Waals surface area contributed by atoms with Crippen molar-refractivity contribution in [1.29, 1.82) is 0 Å². The monoisotopic (exact) mass is 370 g/mol. The average Bonchev–Trinajstić information content (AvgIpc) is 2.98. The molecule has 0 unspecified atom stereocenters. The van der Waals surface area contributed by atoms with Crippen LogP contribution in [0.1, 0.15) is 13.8 Å². The predicted molar refractivity (Wildman–Crippen MR) is 106 cm³/mol. The minimum absolute atomic E-state index is 0.110. The summed E-state index contributed by atoms with van der Waals surface area (Å²) in [6.07, 6.45) is 0. The highest BCUT2D eigenvalue weighted by Gasteiger charge is 2.17. The number of carbonyl (C=O) groups excluding carboxylic acids is 2. The van der Waals surface area contributed by atoms with Gasteiger partial charge in [-0.1, -0.05) is 36.4 Å². The van der Waals surface area contributed by atoms with Crippen LogP contribution in [-0.2, 0) is 9.59 Å². The summed E-state index contributed by atoms with van der Waals surface area (Å²) in [5.41, 5.74) is 2.53. The van der Waals surface area contributed by atoms with Crippen LogP contribution < -0.4 is 10.8 Å². The number of rotatable bonds is 1. The lowest BCUT2D eigenvalue weighted by atomic mass is 10.1. The zero-order valence-electron chi connectivity index (χ0n) is 15.1. The van der Waals surface area contributed by atoms with Gasteiger partial charge in [-0.15, -0.1) is 10.2 Å². The fourth-order valence-corrected chi connectivity index (χ4v) is 3.61. The van der Waals surface area contributed by atoms with E-state index in [2.05, 4.69) is 37.6 Å². The molecule has 0 atom stereocenters. The number of aromatic nitrogens is 4. The van der Waals surface area contributed by atoms with Gasteiger partial charge in [-0.25, -0.2) is 4.98 Å². The summed E-state index contributed by atoms with van der Waals surface area (Å²) < 4.78 is 0. The van der Waals surface area contributed by atoms with Gasteiger partial charge in [-0.3, -0.25) is 9.59 Å². The first-order valence-electron chi connectivity index (χ1n) is 8.69. The van der Waals surface area contributed by atoms with Gasteiger partial charge in [0.15, 0.2) is 5.82 Å². The second-order valence-corrected chi connectivity index (χ2v) is 6.58. The molecule has 2 aromatic heterocycles. The van der Waals surface area contributed by atoms with Crippen molar-refractivity contribution in [3.63, 3.8) is 0 Å². The second-order valence-electron chi connectivity index (χ2n) is 6.58. The Balaban J connectivity index is 2.02. The van der Waals surface area contributed by atoms with Crippen LogP contribution in [0.15, 0.2) is 41.4 Å². The lowest BCUT2D eigenvalue weighted by molar-refractivity contribution is -0.116. The molecule has 8 nitrogen and oxygen atoms in total.